The molecule has 0 aliphatic rings. The minimum absolute atomic E-state index is 0.252. The first-order valence-electron chi connectivity index (χ1n) is 6.38. The van der Waals surface area contributed by atoms with E-state index >= 15 is 0 Å². The van der Waals surface area contributed by atoms with E-state index in [2.05, 4.69) is 11.9 Å². The second-order valence-electron chi connectivity index (χ2n) is 4.44. The fraction of sp³-hybridized carbons (Fsp3) is 0.267. The fourth-order valence-corrected chi connectivity index (χ4v) is 2.11. The van der Waals surface area contributed by atoms with Crippen molar-refractivity contribution in [1.29, 1.82) is 0 Å². The highest BCUT2D eigenvalue weighted by atomic mass is 16.3. The fourth-order valence-electron chi connectivity index (χ4n) is 2.11. The molecule has 0 atom stereocenters. The van der Waals surface area contributed by atoms with Crippen LogP contribution in [0.4, 0.5) is 11.5 Å². The largest absolute Gasteiger partial charge is 0.508 e. The molecule has 1 aromatic carbocycles. The molecule has 0 aliphatic carbocycles. The highest BCUT2D eigenvalue weighted by Crippen LogP contribution is 2.27. The SMILES string of the molecule is CCN(c1cccc(O)c1)c1cc(CN)cc(C)n1. The summed E-state index contributed by atoms with van der Waals surface area (Å²) in [5.74, 6) is 1.11. The number of phenols is 1. The lowest BCUT2D eigenvalue weighted by Crippen LogP contribution is -2.18. The molecule has 3 N–H and O–H groups in total. The maximum atomic E-state index is 9.59. The number of pyridine rings is 1. The summed E-state index contributed by atoms with van der Waals surface area (Å²) in [6.07, 6.45) is 0. The zero-order chi connectivity index (χ0) is 13.8. The Labute approximate surface area is 113 Å². The minimum atomic E-state index is 0.252. The van der Waals surface area contributed by atoms with E-state index in [1.165, 1.54) is 0 Å². The van der Waals surface area contributed by atoms with E-state index in [-0.39, 0.29) is 5.75 Å². The molecule has 0 amide bonds. The van der Waals surface area contributed by atoms with Gasteiger partial charge in [-0.1, -0.05) is 6.07 Å². The number of aryl methyl sites for hydroxylation is 1. The van der Waals surface area contributed by atoms with Gasteiger partial charge in [0.2, 0.25) is 0 Å². The normalized spacial score (nSPS) is 10.5. The summed E-state index contributed by atoms with van der Waals surface area (Å²) >= 11 is 0. The molecular weight excluding hydrogens is 238 g/mol. The van der Waals surface area contributed by atoms with Crippen LogP contribution < -0.4 is 10.6 Å². The van der Waals surface area contributed by atoms with Crippen molar-refractivity contribution < 1.29 is 5.11 Å². The van der Waals surface area contributed by atoms with Crippen LogP contribution in [-0.4, -0.2) is 16.6 Å². The molecule has 2 rings (SSSR count). The first kappa shape index (κ1) is 13.4. The molecule has 0 aliphatic heterocycles. The van der Waals surface area contributed by atoms with Crippen LogP contribution in [0.15, 0.2) is 36.4 Å². The van der Waals surface area contributed by atoms with E-state index in [4.69, 9.17) is 5.73 Å². The van der Waals surface area contributed by atoms with Gasteiger partial charge < -0.3 is 15.7 Å². The highest BCUT2D eigenvalue weighted by Gasteiger charge is 2.10. The topological polar surface area (TPSA) is 62.4 Å². The molecule has 2 aromatic rings. The monoisotopic (exact) mass is 257 g/mol. The number of benzene rings is 1. The van der Waals surface area contributed by atoms with E-state index in [1.54, 1.807) is 12.1 Å². The maximum absolute atomic E-state index is 9.59. The van der Waals surface area contributed by atoms with Gasteiger partial charge >= 0.3 is 0 Å². The summed E-state index contributed by atoms with van der Waals surface area (Å²) in [7, 11) is 0. The van der Waals surface area contributed by atoms with Crippen LogP contribution in [-0.2, 0) is 6.54 Å². The van der Waals surface area contributed by atoms with Crippen LogP contribution in [0.5, 0.6) is 5.75 Å². The van der Waals surface area contributed by atoms with Crippen molar-refractivity contribution in [3.63, 3.8) is 0 Å². The van der Waals surface area contributed by atoms with Gasteiger partial charge in [-0.25, -0.2) is 4.98 Å². The molecule has 0 radical (unpaired) electrons. The van der Waals surface area contributed by atoms with Crippen LogP contribution in [0.25, 0.3) is 0 Å². The van der Waals surface area contributed by atoms with Crippen molar-refractivity contribution in [2.75, 3.05) is 11.4 Å². The third kappa shape index (κ3) is 3.03. The number of nitrogens with two attached hydrogens (primary N) is 1. The molecule has 0 bridgehead atoms. The Hall–Kier alpha value is -2.07. The van der Waals surface area contributed by atoms with Gasteiger partial charge in [-0.3, -0.25) is 0 Å². The van der Waals surface area contributed by atoms with Crippen LogP contribution in [0.2, 0.25) is 0 Å². The molecule has 100 valence electrons. The van der Waals surface area contributed by atoms with Crippen LogP contribution in [0.3, 0.4) is 0 Å². The number of aromatic nitrogens is 1. The van der Waals surface area contributed by atoms with Crippen molar-refractivity contribution in [3.05, 3.63) is 47.7 Å². The summed E-state index contributed by atoms with van der Waals surface area (Å²) in [5.41, 5.74) is 8.62. The molecule has 19 heavy (non-hydrogen) atoms. The van der Waals surface area contributed by atoms with Gasteiger partial charge in [0, 0.05) is 30.5 Å². The first-order valence-corrected chi connectivity index (χ1v) is 6.38. The van der Waals surface area contributed by atoms with Crippen molar-refractivity contribution in [1.82, 2.24) is 4.98 Å². The van der Waals surface area contributed by atoms with Crippen molar-refractivity contribution >= 4 is 11.5 Å². The van der Waals surface area contributed by atoms with Gasteiger partial charge in [0.15, 0.2) is 0 Å². The third-order valence-electron chi connectivity index (χ3n) is 2.97. The zero-order valence-corrected chi connectivity index (χ0v) is 11.3. The number of hydrogen-bond donors (Lipinski definition) is 2. The molecule has 0 fully saturated rings. The molecule has 0 saturated heterocycles. The van der Waals surface area contributed by atoms with Crippen molar-refractivity contribution in [2.45, 2.75) is 20.4 Å². The third-order valence-corrected chi connectivity index (χ3v) is 2.97. The maximum Gasteiger partial charge on any atom is 0.133 e. The second-order valence-corrected chi connectivity index (χ2v) is 4.44. The molecular formula is C15H19N3O. The second kappa shape index (κ2) is 5.71. The Kier molecular flexibility index (Phi) is 4.02. The summed E-state index contributed by atoms with van der Waals surface area (Å²) in [4.78, 5) is 6.60. The Balaban J connectivity index is 2.44. The first-order chi connectivity index (χ1) is 9.13. The van der Waals surface area contributed by atoms with Gasteiger partial charge in [0.1, 0.15) is 11.6 Å². The smallest absolute Gasteiger partial charge is 0.133 e. The van der Waals surface area contributed by atoms with Crippen molar-refractivity contribution in [2.24, 2.45) is 5.73 Å². The lowest BCUT2D eigenvalue weighted by molar-refractivity contribution is 0.475. The molecule has 4 heteroatoms. The van der Waals surface area contributed by atoms with Gasteiger partial charge in [-0.2, -0.15) is 0 Å². The number of hydrogen-bond acceptors (Lipinski definition) is 4. The van der Waals surface area contributed by atoms with Crippen molar-refractivity contribution in [3.8, 4) is 5.75 Å². The Bertz CT molecular complexity index is 569. The van der Waals surface area contributed by atoms with Crippen LogP contribution >= 0.6 is 0 Å². The number of nitrogens with zero attached hydrogens (tertiary/aromatic N) is 2. The minimum Gasteiger partial charge on any atom is -0.508 e. The van der Waals surface area contributed by atoms with E-state index in [1.807, 2.05) is 36.1 Å². The Morgan fingerprint density at radius 3 is 2.68 bits per heavy atom. The number of rotatable bonds is 4. The van der Waals surface area contributed by atoms with Gasteiger partial charge in [-0.05, 0) is 43.7 Å². The lowest BCUT2D eigenvalue weighted by Gasteiger charge is -2.23. The summed E-state index contributed by atoms with van der Waals surface area (Å²) in [6.45, 7) is 5.27. The van der Waals surface area contributed by atoms with Gasteiger partial charge in [0.05, 0.1) is 0 Å². The van der Waals surface area contributed by atoms with E-state index in [9.17, 15) is 5.11 Å². The quantitative estimate of drug-likeness (QED) is 0.884. The molecule has 1 aromatic heterocycles. The number of phenolic OH excluding ortho intramolecular Hbond substituents is 1. The summed E-state index contributed by atoms with van der Waals surface area (Å²) in [6, 6.07) is 11.1. The predicted octanol–water partition coefficient (Wildman–Crippen LogP) is 2.71. The van der Waals surface area contributed by atoms with Crippen LogP contribution in [0.1, 0.15) is 18.2 Å². The van der Waals surface area contributed by atoms with E-state index in [0.29, 0.717) is 6.54 Å². The van der Waals surface area contributed by atoms with Gasteiger partial charge in [-0.15, -0.1) is 0 Å². The molecule has 0 unspecified atom stereocenters. The Morgan fingerprint density at radius 2 is 2.05 bits per heavy atom. The van der Waals surface area contributed by atoms with Crippen LogP contribution in [0, 0.1) is 6.92 Å². The molecule has 4 nitrogen and oxygen atoms in total. The standard InChI is InChI=1S/C15H19N3O/c1-3-18(13-5-4-6-14(19)9-13)15-8-12(10-16)7-11(2)17-15/h4-9,19H,3,10,16H2,1-2H3. The number of aromatic hydroxyl groups is 1. The average molecular weight is 257 g/mol. The average Bonchev–Trinajstić information content (AvgIpc) is 2.39. The molecule has 0 spiro atoms. The lowest BCUT2D eigenvalue weighted by atomic mass is 10.2. The molecule has 0 saturated carbocycles. The molecule has 1 heterocycles. The summed E-state index contributed by atoms with van der Waals surface area (Å²) < 4.78 is 0. The zero-order valence-electron chi connectivity index (χ0n) is 11.3. The summed E-state index contributed by atoms with van der Waals surface area (Å²) in [5, 5.41) is 9.59. The predicted molar refractivity (Wildman–Crippen MR) is 77.7 cm³/mol. The highest BCUT2D eigenvalue weighted by molar-refractivity contribution is 5.62. The number of anilines is 2. The van der Waals surface area contributed by atoms with Gasteiger partial charge in [0.25, 0.3) is 0 Å². The Morgan fingerprint density at radius 1 is 1.26 bits per heavy atom. The van der Waals surface area contributed by atoms with E-state index < -0.39 is 0 Å². The van der Waals surface area contributed by atoms with E-state index in [0.717, 1.165) is 29.3 Å².